The number of piperidine rings is 1. The van der Waals surface area contributed by atoms with Crippen molar-refractivity contribution in [2.75, 3.05) is 27.3 Å². The first-order valence-corrected chi connectivity index (χ1v) is 10.2. The minimum atomic E-state index is -5.08. The molecular weight excluding hydrogens is 441 g/mol. The highest BCUT2D eigenvalue weighted by Crippen LogP contribution is 2.25. The van der Waals surface area contributed by atoms with E-state index in [9.17, 15) is 18.0 Å². The lowest BCUT2D eigenvalue weighted by molar-refractivity contribution is -0.192. The third kappa shape index (κ3) is 7.74. The lowest BCUT2D eigenvalue weighted by Crippen LogP contribution is -2.47. The number of ether oxygens (including phenoxy) is 2. The highest BCUT2D eigenvalue weighted by Gasteiger charge is 2.38. The van der Waals surface area contributed by atoms with Gasteiger partial charge < -0.3 is 19.5 Å². The number of hydrogen-bond acceptors (Lipinski definition) is 5. The number of aromatic nitrogens is 1. The van der Waals surface area contributed by atoms with Crippen LogP contribution in [0.15, 0.2) is 42.6 Å². The number of carbonyl (C=O) groups excluding carboxylic acids is 1. The Morgan fingerprint density at radius 1 is 1.15 bits per heavy atom. The standard InChI is InChI=1S/C21H26N2O3.C2HF3O2/c1-15-4-7-17(13-22-15)21(24)23-11-10-20(26-3)18(14-23)12-16-5-8-19(25-2)9-6-16;3-2(4,5)1(6)7/h4-9,13,18,20H,10-12,14H2,1-3H3;(H,6,7)/t18-,20+;/m0./s1. The molecule has 0 aliphatic carbocycles. The van der Waals surface area contributed by atoms with Crippen molar-refractivity contribution in [2.24, 2.45) is 5.92 Å². The molecule has 1 aliphatic rings. The molecule has 1 aromatic carbocycles. The van der Waals surface area contributed by atoms with Gasteiger partial charge in [0.2, 0.25) is 0 Å². The van der Waals surface area contributed by atoms with Gasteiger partial charge in [0.1, 0.15) is 5.75 Å². The second-order valence-electron chi connectivity index (χ2n) is 7.62. The second-order valence-corrected chi connectivity index (χ2v) is 7.62. The molecule has 1 fully saturated rings. The van der Waals surface area contributed by atoms with Crippen LogP contribution in [0.25, 0.3) is 0 Å². The number of methoxy groups -OCH3 is 2. The van der Waals surface area contributed by atoms with Crippen molar-refractivity contribution < 1.29 is 37.3 Å². The number of likely N-dealkylation sites (tertiary alicyclic amines) is 1. The van der Waals surface area contributed by atoms with Gasteiger partial charge in [0, 0.05) is 38.0 Å². The van der Waals surface area contributed by atoms with Crippen LogP contribution in [0.4, 0.5) is 13.2 Å². The molecule has 0 spiro atoms. The van der Waals surface area contributed by atoms with Crippen LogP contribution in [0, 0.1) is 12.8 Å². The Morgan fingerprint density at radius 2 is 1.79 bits per heavy atom. The molecule has 3 rings (SSSR count). The van der Waals surface area contributed by atoms with Crippen LogP contribution in [-0.4, -0.2) is 66.5 Å². The zero-order valence-corrected chi connectivity index (χ0v) is 18.6. The van der Waals surface area contributed by atoms with Crippen LogP contribution in [0.1, 0.15) is 28.0 Å². The van der Waals surface area contributed by atoms with Crippen molar-refractivity contribution in [1.82, 2.24) is 9.88 Å². The van der Waals surface area contributed by atoms with Crippen molar-refractivity contribution in [3.8, 4) is 5.75 Å². The van der Waals surface area contributed by atoms with Gasteiger partial charge in [-0.1, -0.05) is 12.1 Å². The van der Waals surface area contributed by atoms with Gasteiger partial charge in [-0.3, -0.25) is 9.78 Å². The normalized spacial score (nSPS) is 18.2. The predicted octanol–water partition coefficient (Wildman–Crippen LogP) is 3.75. The summed E-state index contributed by atoms with van der Waals surface area (Å²) in [6, 6.07) is 11.8. The maximum atomic E-state index is 12.8. The van der Waals surface area contributed by atoms with Crippen LogP contribution in [0.3, 0.4) is 0 Å². The number of nitrogens with zero attached hydrogens (tertiary/aromatic N) is 2. The van der Waals surface area contributed by atoms with Gasteiger partial charge in [0.25, 0.3) is 5.91 Å². The first kappa shape index (κ1) is 26.1. The van der Waals surface area contributed by atoms with E-state index in [4.69, 9.17) is 19.4 Å². The molecule has 1 N–H and O–H groups in total. The molecule has 2 aromatic rings. The lowest BCUT2D eigenvalue weighted by atomic mass is 9.88. The number of hydrogen-bond donors (Lipinski definition) is 1. The minimum absolute atomic E-state index is 0.0479. The molecule has 1 aliphatic heterocycles. The van der Waals surface area contributed by atoms with E-state index in [0.717, 1.165) is 24.3 Å². The maximum Gasteiger partial charge on any atom is 0.490 e. The maximum absolute atomic E-state index is 12.8. The largest absolute Gasteiger partial charge is 0.497 e. The van der Waals surface area contributed by atoms with Crippen molar-refractivity contribution in [1.29, 1.82) is 0 Å². The first-order valence-electron chi connectivity index (χ1n) is 10.2. The van der Waals surface area contributed by atoms with Gasteiger partial charge >= 0.3 is 12.1 Å². The molecule has 180 valence electrons. The van der Waals surface area contributed by atoms with E-state index in [2.05, 4.69) is 17.1 Å². The summed E-state index contributed by atoms with van der Waals surface area (Å²) >= 11 is 0. The SMILES string of the molecule is COc1ccc(C[C@H]2CN(C(=O)c3ccc(C)nc3)CC[C@H]2OC)cc1.O=C(O)C(F)(F)F. The van der Waals surface area contributed by atoms with Gasteiger partial charge in [0.05, 0.1) is 18.8 Å². The van der Waals surface area contributed by atoms with E-state index >= 15 is 0 Å². The van der Waals surface area contributed by atoms with E-state index in [-0.39, 0.29) is 17.9 Å². The predicted molar refractivity (Wildman–Crippen MR) is 114 cm³/mol. The number of alkyl halides is 3. The number of amides is 1. The number of pyridine rings is 1. The molecule has 7 nitrogen and oxygen atoms in total. The third-order valence-corrected chi connectivity index (χ3v) is 5.31. The van der Waals surface area contributed by atoms with Crippen LogP contribution in [-0.2, 0) is 16.0 Å². The zero-order valence-electron chi connectivity index (χ0n) is 18.6. The fraction of sp³-hybridized carbons (Fsp3) is 0.435. The number of carboxylic acid groups (broad SMARTS) is 1. The molecule has 0 saturated carbocycles. The summed E-state index contributed by atoms with van der Waals surface area (Å²) in [6.45, 7) is 3.32. The number of aliphatic carboxylic acids is 1. The highest BCUT2D eigenvalue weighted by molar-refractivity contribution is 5.94. The summed E-state index contributed by atoms with van der Waals surface area (Å²) in [5.74, 6) is -1.59. The van der Waals surface area contributed by atoms with Crippen LogP contribution >= 0.6 is 0 Å². The number of carboxylic acids is 1. The molecule has 0 unspecified atom stereocenters. The lowest BCUT2D eigenvalue weighted by Gasteiger charge is -2.38. The zero-order chi connectivity index (χ0) is 24.6. The number of benzene rings is 1. The molecule has 1 amide bonds. The van der Waals surface area contributed by atoms with E-state index in [0.29, 0.717) is 18.7 Å². The Hall–Kier alpha value is -3.14. The fourth-order valence-corrected chi connectivity index (χ4v) is 3.54. The molecule has 0 radical (unpaired) electrons. The monoisotopic (exact) mass is 468 g/mol. The average molecular weight is 468 g/mol. The average Bonchev–Trinajstić information content (AvgIpc) is 2.79. The molecule has 2 heterocycles. The topological polar surface area (TPSA) is 89.0 Å². The fourth-order valence-electron chi connectivity index (χ4n) is 3.54. The number of rotatable bonds is 5. The molecule has 33 heavy (non-hydrogen) atoms. The Balaban J connectivity index is 0.000000479. The van der Waals surface area contributed by atoms with Crippen molar-refractivity contribution >= 4 is 11.9 Å². The summed E-state index contributed by atoms with van der Waals surface area (Å²) in [5.41, 5.74) is 2.79. The van der Waals surface area contributed by atoms with Crippen LogP contribution in [0.5, 0.6) is 5.75 Å². The Bertz CT molecular complexity index is 917. The van der Waals surface area contributed by atoms with Crippen molar-refractivity contribution in [3.63, 3.8) is 0 Å². The van der Waals surface area contributed by atoms with Crippen molar-refractivity contribution in [2.45, 2.75) is 32.0 Å². The number of halogens is 3. The van der Waals surface area contributed by atoms with Gasteiger partial charge in [0.15, 0.2) is 0 Å². The van der Waals surface area contributed by atoms with E-state index in [1.54, 1.807) is 20.4 Å². The molecule has 1 aromatic heterocycles. The molecule has 1 saturated heterocycles. The Labute approximate surface area is 190 Å². The van der Waals surface area contributed by atoms with Gasteiger partial charge in [-0.25, -0.2) is 4.79 Å². The summed E-state index contributed by atoms with van der Waals surface area (Å²) in [4.78, 5) is 27.9. The number of aryl methyl sites for hydroxylation is 1. The van der Waals surface area contributed by atoms with Crippen LogP contribution in [0.2, 0.25) is 0 Å². The highest BCUT2D eigenvalue weighted by atomic mass is 19.4. The van der Waals surface area contributed by atoms with Crippen molar-refractivity contribution in [3.05, 3.63) is 59.4 Å². The van der Waals surface area contributed by atoms with Crippen LogP contribution < -0.4 is 4.74 Å². The Morgan fingerprint density at radius 3 is 2.27 bits per heavy atom. The third-order valence-electron chi connectivity index (χ3n) is 5.31. The van der Waals surface area contributed by atoms with Gasteiger partial charge in [-0.2, -0.15) is 13.2 Å². The molecular formula is C23H27F3N2O5. The minimum Gasteiger partial charge on any atom is -0.497 e. The first-order chi connectivity index (χ1) is 15.5. The van der Waals surface area contributed by atoms with E-state index < -0.39 is 12.1 Å². The smallest absolute Gasteiger partial charge is 0.490 e. The Kier molecular flexibility index (Phi) is 9.22. The number of carbonyl (C=O) groups is 2. The molecule has 2 atom stereocenters. The van der Waals surface area contributed by atoms with Gasteiger partial charge in [-0.05, 0) is 49.6 Å². The van der Waals surface area contributed by atoms with E-state index in [1.807, 2.05) is 36.1 Å². The molecule has 10 heteroatoms. The summed E-state index contributed by atoms with van der Waals surface area (Å²) in [7, 11) is 3.42. The molecule has 0 bridgehead atoms. The van der Waals surface area contributed by atoms with Gasteiger partial charge in [-0.15, -0.1) is 0 Å². The summed E-state index contributed by atoms with van der Waals surface area (Å²) in [6.07, 6.45) is -1.53. The van der Waals surface area contributed by atoms with E-state index in [1.165, 1.54) is 5.56 Å². The summed E-state index contributed by atoms with van der Waals surface area (Å²) < 4.78 is 42.7. The summed E-state index contributed by atoms with van der Waals surface area (Å²) in [5, 5.41) is 7.12. The second kappa shape index (κ2) is 11.6. The quantitative estimate of drug-likeness (QED) is 0.719.